The SMILES string of the molecule is CCC[C@@H](N)C(=O)NCCOCC(N)=O. The zero-order valence-electron chi connectivity index (χ0n) is 8.99. The second-order valence-electron chi connectivity index (χ2n) is 3.21. The molecule has 0 radical (unpaired) electrons. The molecule has 15 heavy (non-hydrogen) atoms. The molecular formula is C9H19N3O3. The Kier molecular flexibility index (Phi) is 7.57. The predicted molar refractivity (Wildman–Crippen MR) is 55.9 cm³/mol. The van der Waals surface area contributed by atoms with Crippen molar-refractivity contribution in [3.8, 4) is 0 Å². The van der Waals surface area contributed by atoms with Gasteiger partial charge in [0.1, 0.15) is 6.61 Å². The second kappa shape index (κ2) is 8.19. The van der Waals surface area contributed by atoms with Crippen molar-refractivity contribution >= 4 is 11.8 Å². The number of carbonyl (C=O) groups is 2. The third-order valence-electron chi connectivity index (χ3n) is 1.73. The zero-order valence-corrected chi connectivity index (χ0v) is 8.99. The van der Waals surface area contributed by atoms with Crippen molar-refractivity contribution in [1.29, 1.82) is 0 Å². The van der Waals surface area contributed by atoms with E-state index in [-0.39, 0.29) is 19.1 Å². The van der Waals surface area contributed by atoms with Crippen LogP contribution in [0.5, 0.6) is 0 Å². The Labute approximate surface area is 89.3 Å². The number of nitrogens with two attached hydrogens (primary N) is 2. The van der Waals surface area contributed by atoms with Crippen molar-refractivity contribution in [3.05, 3.63) is 0 Å². The van der Waals surface area contributed by atoms with Gasteiger partial charge in [-0.15, -0.1) is 0 Å². The van der Waals surface area contributed by atoms with Crippen LogP contribution in [0, 0.1) is 0 Å². The van der Waals surface area contributed by atoms with Gasteiger partial charge in [0, 0.05) is 6.54 Å². The summed E-state index contributed by atoms with van der Waals surface area (Å²) >= 11 is 0. The Morgan fingerprint density at radius 2 is 2.13 bits per heavy atom. The van der Waals surface area contributed by atoms with E-state index in [1.54, 1.807) is 0 Å². The smallest absolute Gasteiger partial charge is 0.243 e. The van der Waals surface area contributed by atoms with Crippen molar-refractivity contribution in [2.24, 2.45) is 11.5 Å². The molecule has 0 aliphatic carbocycles. The van der Waals surface area contributed by atoms with Gasteiger partial charge in [0.15, 0.2) is 0 Å². The van der Waals surface area contributed by atoms with E-state index in [1.807, 2.05) is 6.92 Å². The molecule has 0 rings (SSSR count). The van der Waals surface area contributed by atoms with Gasteiger partial charge < -0.3 is 21.5 Å². The maximum atomic E-state index is 11.2. The predicted octanol–water partition coefficient (Wildman–Crippen LogP) is -1.27. The molecular weight excluding hydrogens is 198 g/mol. The third-order valence-corrected chi connectivity index (χ3v) is 1.73. The highest BCUT2D eigenvalue weighted by Gasteiger charge is 2.10. The summed E-state index contributed by atoms with van der Waals surface area (Å²) in [7, 11) is 0. The van der Waals surface area contributed by atoms with Crippen LogP contribution in [0.2, 0.25) is 0 Å². The number of hydrogen-bond acceptors (Lipinski definition) is 4. The quantitative estimate of drug-likeness (QED) is 0.441. The van der Waals surface area contributed by atoms with Gasteiger partial charge >= 0.3 is 0 Å². The number of rotatable bonds is 8. The molecule has 0 aliphatic heterocycles. The summed E-state index contributed by atoms with van der Waals surface area (Å²) in [4.78, 5) is 21.5. The van der Waals surface area contributed by atoms with E-state index in [9.17, 15) is 9.59 Å². The van der Waals surface area contributed by atoms with Crippen LogP contribution < -0.4 is 16.8 Å². The topological polar surface area (TPSA) is 107 Å². The molecule has 5 N–H and O–H groups in total. The standard InChI is InChI=1S/C9H19N3O3/c1-2-3-7(10)9(14)12-4-5-15-6-8(11)13/h7H,2-6,10H2,1H3,(H2,11,13)(H,12,14)/t7-/m1/s1. The van der Waals surface area contributed by atoms with Crippen LogP contribution in [-0.2, 0) is 14.3 Å². The van der Waals surface area contributed by atoms with Crippen LogP contribution in [0.4, 0.5) is 0 Å². The van der Waals surface area contributed by atoms with E-state index < -0.39 is 11.9 Å². The van der Waals surface area contributed by atoms with Crippen LogP contribution in [-0.4, -0.2) is 37.6 Å². The molecule has 0 aromatic rings. The summed E-state index contributed by atoms with van der Waals surface area (Å²) in [6.07, 6.45) is 1.53. The van der Waals surface area contributed by atoms with Crippen LogP contribution in [0.25, 0.3) is 0 Å². The molecule has 0 unspecified atom stereocenters. The number of hydrogen-bond donors (Lipinski definition) is 3. The van der Waals surface area contributed by atoms with E-state index in [2.05, 4.69) is 5.32 Å². The maximum Gasteiger partial charge on any atom is 0.243 e. The lowest BCUT2D eigenvalue weighted by molar-refractivity contribution is -0.123. The molecule has 0 saturated carbocycles. The van der Waals surface area contributed by atoms with Gasteiger partial charge in [0.25, 0.3) is 0 Å². The lowest BCUT2D eigenvalue weighted by Crippen LogP contribution is -2.41. The Balaban J connectivity index is 3.42. The summed E-state index contributed by atoms with van der Waals surface area (Å²) in [6, 6.07) is -0.467. The minimum atomic E-state index is -0.524. The first-order valence-electron chi connectivity index (χ1n) is 4.97. The Morgan fingerprint density at radius 1 is 1.47 bits per heavy atom. The fourth-order valence-electron chi connectivity index (χ4n) is 0.992. The first-order valence-corrected chi connectivity index (χ1v) is 4.97. The lowest BCUT2D eigenvalue weighted by atomic mass is 10.2. The molecule has 6 heteroatoms. The van der Waals surface area contributed by atoms with Crippen molar-refractivity contribution in [2.75, 3.05) is 19.8 Å². The zero-order chi connectivity index (χ0) is 11.7. The molecule has 0 saturated heterocycles. The maximum absolute atomic E-state index is 11.2. The fourth-order valence-corrected chi connectivity index (χ4v) is 0.992. The highest BCUT2D eigenvalue weighted by atomic mass is 16.5. The third kappa shape index (κ3) is 7.90. The van der Waals surface area contributed by atoms with E-state index in [0.29, 0.717) is 13.0 Å². The minimum absolute atomic E-state index is 0.128. The van der Waals surface area contributed by atoms with Gasteiger partial charge in [-0.1, -0.05) is 13.3 Å². The van der Waals surface area contributed by atoms with Crippen molar-refractivity contribution < 1.29 is 14.3 Å². The first kappa shape index (κ1) is 13.9. The summed E-state index contributed by atoms with van der Waals surface area (Å²) in [6.45, 7) is 2.43. The molecule has 6 nitrogen and oxygen atoms in total. The van der Waals surface area contributed by atoms with Crippen molar-refractivity contribution in [3.63, 3.8) is 0 Å². The first-order chi connectivity index (χ1) is 7.07. The van der Waals surface area contributed by atoms with Crippen molar-refractivity contribution in [1.82, 2.24) is 5.32 Å². The van der Waals surface area contributed by atoms with Crippen LogP contribution in [0.1, 0.15) is 19.8 Å². The summed E-state index contributed by atoms with van der Waals surface area (Å²) in [5.74, 6) is -0.719. The minimum Gasteiger partial charge on any atom is -0.370 e. The van der Waals surface area contributed by atoms with Gasteiger partial charge in [-0.25, -0.2) is 0 Å². The summed E-state index contributed by atoms with van der Waals surface area (Å²) < 4.78 is 4.86. The molecule has 0 heterocycles. The van der Waals surface area contributed by atoms with E-state index >= 15 is 0 Å². The van der Waals surface area contributed by atoms with Gasteiger partial charge in [-0.2, -0.15) is 0 Å². The molecule has 0 bridgehead atoms. The molecule has 0 aliphatic rings. The number of nitrogens with one attached hydrogen (secondary N) is 1. The average molecular weight is 217 g/mol. The fraction of sp³-hybridized carbons (Fsp3) is 0.778. The normalized spacial score (nSPS) is 12.1. The molecule has 88 valence electrons. The molecule has 0 aromatic carbocycles. The molecule has 2 amide bonds. The summed E-state index contributed by atoms with van der Waals surface area (Å²) in [5, 5.41) is 2.60. The van der Waals surface area contributed by atoms with E-state index in [1.165, 1.54) is 0 Å². The van der Waals surface area contributed by atoms with Crippen molar-refractivity contribution in [2.45, 2.75) is 25.8 Å². The Hall–Kier alpha value is -1.14. The van der Waals surface area contributed by atoms with Gasteiger partial charge in [0.05, 0.1) is 12.6 Å². The van der Waals surface area contributed by atoms with Gasteiger partial charge in [-0.05, 0) is 6.42 Å². The number of amides is 2. The average Bonchev–Trinajstić information content (AvgIpc) is 2.16. The Bertz CT molecular complexity index is 209. The van der Waals surface area contributed by atoms with E-state index in [4.69, 9.17) is 16.2 Å². The van der Waals surface area contributed by atoms with Gasteiger partial charge in [-0.3, -0.25) is 9.59 Å². The molecule has 1 atom stereocenters. The molecule has 0 spiro atoms. The van der Waals surface area contributed by atoms with Crippen LogP contribution >= 0.6 is 0 Å². The van der Waals surface area contributed by atoms with Crippen LogP contribution in [0.3, 0.4) is 0 Å². The largest absolute Gasteiger partial charge is 0.370 e. The monoisotopic (exact) mass is 217 g/mol. The lowest BCUT2D eigenvalue weighted by Gasteiger charge is -2.10. The summed E-state index contributed by atoms with van der Waals surface area (Å²) in [5.41, 5.74) is 10.4. The number of carbonyl (C=O) groups excluding carboxylic acids is 2. The Morgan fingerprint density at radius 3 is 2.67 bits per heavy atom. The molecule has 0 aromatic heterocycles. The van der Waals surface area contributed by atoms with Crippen LogP contribution in [0.15, 0.2) is 0 Å². The number of ether oxygens (including phenoxy) is 1. The highest BCUT2D eigenvalue weighted by Crippen LogP contribution is 1.92. The number of primary amides is 1. The van der Waals surface area contributed by atoms with Gasteiger partial charge in [0.2, 0.25) is 11.8 Å². The second-order valence-corrected chi connectivity index (χ2v) is 3.21. The molecule has 0 fully saturated rings. The highest BCUT2D eigenvalue weighted by molar-refractivity contribution is 5.81. The van der Waals surface area contributed by atoms with E-state index in [0.717, 1.165) is 6.42 Å².